The van der Waals surface area contributed by atoms with Crippen molar-refractivity contribution in [3.05, 3.63) is 64.7 Å². The van der Waals surface area contributed by atoms with Crippen LogP contribution in [0.3, 0.4) is 0 Å². The smallest absolute Gasteiger partial charge is 0.122 e. The van der Waals surface area contributed by atoms with Crippen LogP contribution in [-0.2, 0) is 0 Å². The normalized spacial score (nSPS) is 18.7. The van der Waals surface area contributed by atoms with E-state index in [9.17, 15) is 0 Å². The summed E-state index contributed by atoms with van der Waals surface area (Å²) in [5.41, 5.74) is 8.17. The van der Waals surface area contributed by atoms with Gasteiger partial charge in [-0.3, -0.25) is 11.3 Å². The Morgan fingerprint density at radius 2 is 1.95 bits per heavy atom. The van der Waals surface area contributed by atoms with E-state index in [2.05, 4.69) is 49.6 Å². The summed E-state index contributed by atoms with van der Waals surface area (Å²) in [6.45, 7) is 5.05. The van der Waals surface area contributed by atoms with E-state index in [1.54, 1.807) is 0 Å². The van der Waals surface area contributed by atoms with Gasteiger partial charge in [-0.05, 0) is 48.6 Å². The maximum atomic E-state index is 5.92. The minimum atomic E-state index is 0.106. The van der Waals surface area contributed by atoms with Gasteiger partial charge >= 0.3 is 0 Å². The second kappa shape index (κ2) is 5.88. The number of nitrogens with two attached hydrogens (primary N) is 1. The minimum absolute atomic E-state index is 0.106. The Morgan fingerprint density at radius 3 is 2.76 bits per heavy atom. The first-order chi connectivity index (χ1) is 10.2. The molecule has 0 amide bonds. The molecule has 3 N–H and O–H groups in total. The van der Waals surface area contributed by atoms with Crippen molar-refractivity contribution in [3.63, 3.8) is 0 Å². The molecule has 1 aliphatic rings. The highest BCUT2D eigenvalue weighted by atomic mass is 16.5. The zero-order valence-corrected chi connectivity index (χ0v) is 12.6. The highest BCUT2D eigenvalue weighted by molar-refractivity contribution is 5.43. The number of para-hydroxylation sites is 1. The lowest BCUT2D eigenvalue weighted by Gasteiger charge is -2.33. The molecular weight excluding hydrogens is 260 g/mol. The van der Waals surface area contributed by atoms with Crippen molar-refractivity contribution < 1.29 is 4.74 Å². The molecule has 1 heterocycles. The number of hydrogen-bond donors (Lipinski definition) is 2. The Kier molecular flexibility index (Phi) is 3.95. The molecule has 2 unspecified atom stereocenters. The van der Waals surface area contributed by atoms with Crippen molar-refractivity contribution in [1.29, 1.82) is 0 Å². The number of fused-ring (bicyclic) bond motifs is 1. The summed E-state index contributed by atoms with van der Waals surface area (Å²) in [6, 6.07) is 14.8. The summed E-state index contributed by atoms with van der Waals surface area (Å²) in [5.74, 6) is 7.24. The zero-order valence-electron chi connectivity index (χ0n) is 12.6. The van der Waals surface area contributed by atoms with E-state index in [-0.39, 0.29) is 6.04 Å². The number of rotatable bonds is 3. The number of nitrogens with one attached hydrogen (secondary N) is 1. The number of hydrazine groups is 1. The van der Waals surface area contributed by atoms with E-state index >= 15 is 0 Å². The second-order valence-corrected chi connectivity index (χ2v) is 5.71. The topological polar surface area (TPSA) is 47.3 Å². The predicted octanol–water partition coefficient (Wildman–Crippen LogP) is 3.37. The molecule has 0 fully saturated rings. The standard InChI is InChI=1S/C18H22N2O/c1-12-6-5-8-14(13(12)2)18(20-19)16-10-11-21-17-9-4-3-7-15(16)17/h3-9,16,18,20H,10-11,19H2,1-2H3. The van der Waals surface area contributed by atoms with Gasteiger partial charge in [-0.1, -0.05) is 36.4 Å². The van der Waals surface area contributed by atoms with Crippen LogP contribution in [0.15, 0.2) is 42.5 Å². The molecule has 2 aromatic carbocycles. The fourth-order valence-electron chi connectivity index (χ4n) is 3.25. The summed E-state index contributed by atoms with van der Waals surface area (Å²) in [4.78, 5) is 0. The molecule has 0 aliphatic carbocycles. The third kappa shape index (κ3) is 2.55. The van der Waals surface area contributed by atoms with Gasteiger partial charge in [0.1, 0.15) is 5.75 Å². The maximum Gasteiger partial charge on any atom is 0.122 e. The first-order valence-electron chi connectivity index (χ1n) is 7.46. The molecule has 2 aromatic rings. The third-order valence-electron chi connectivity index (χ3n) is 4.57. The lowest BCUT2D eigenvalue weighted by atomic mass is 9.81. The molecule has 1 aliphatic heterocycles. The number of benzene rings is 2. The Hall–Kier alpha value is -1.84. The second-order valence-electron chi connectivity index (χ2n) is 5.71. The molecule has 0 saturated heterocycles. The lowest BCUT2D eigenvalue weighted by Crippen LogP contribution is -2.35. The van der Waals surface area contributed by atoms with Gasteiger partial charge in [0.05, 0.1) is 12.6 Å². The van der Waals surface area contributed by atoms with E-state index in [4.69, 9.17) is 10.6 Å². The van der Waals surface area contributed by atoms with E-state index in [0.717, 1.165) is 18.8 Å². The highest BCUT2D eigenvalue weighted by Crippen LogP contribution is 2.41. The number of hydrogen-bond acceptors (Lipinski definition) is 3. The predicted molar refractivity (Wildman–Crippen MR) is 85.3 cm³/mol. The molecule has 110 valence electrons. The third-order valence-corrected chi connectivity index (χ3v) is 4.57. The average molecular weight is 282 g/mol. The van der Waals surface area contributed by atoms with Gasteiger partial charge in [0, 0.05) is 5.92 Å². The van der Waals surface area contributed by atoms with Crippen molar-refractivity contribution >= 4 is 0 Å². The van der Waals surface area contributed by atoms with Crippen LogP contribution >= 0.6 is 0 Å². The van der Waals surface area contributed by atoms with Crippen LogP contribution in [0.2, 0.25) is 0 Å². The van der Waals surface area contributed by atoms with Crippen molar-refractivity contribution in [2.75, 3.05) is 6.61 Å². The number of ether oxygens (including phenoxy) is 1. The Bertz CT molecular complexity index is 639. The minimum Gasteiger partial charge on any atom is -0.493 e. The van der Waals surface area contributed by atoms with Gasteiger partial charge in [-0.2, -0.15) is 0 Å². The van der Waals surface area contributed by atoms with Crippen LogP contribution < -0.4 is 16.0 Å². The molecule has 0 bridgehead atoms. The fraction of sp³-hybridized carbons (Fsp3) is 0.333. The van der Waals surface area contributed by atoms with Crippen LogP contribution in [0, 0.1) is 13.8 Å². The van der Waals surface area contributed by atoms with E-state index in [0.29, 0.717) is 5.92 Å². The van der Waals surface area contributed by atoms with E-state index in [1.807, 2.05) is 12.1 Å². The molecule has 0 saturated carbocycles. The Labute approximate surface area is 126 Å². The molecule has 0 radical (unpaired) electrons. The maximum absolute atomic E-state index is 5.92. The summed E-state index contributed by atoms with van der Waals surface area (Å²) < 4.78 is 5.77. The van der Waals surface area contributed by atoms with Crippen LogP contribution in [0.5, 0.6) is 5.75 Å². The monoisotopic (exact) mass is 282 g/mol. The molecule has 3 nitrogen and oxygen atoms in total. The van der Waals surface area contributed by atoms with Gasteiger partial charge in [-0.15, -0.1) is 0 Å². The van der Waals surface area contributed by atoms with Crippen LogP contribution in [0.1, 0.15) is 40.6 Å². The zero-order chi connectivity index (χ0) is 14.8. The first kappa shape index (κ1) is 14.1. The van der Waals surface area contributed by atoms with Gasteiger partial charge in [0.2, 0.25) is 0 Å². The molecule has 0 spiro atoms. The summed E-state index contributed by atoms with van der Waals surface area (Å²) in [6.07, 6.45) is 0.971. The van der Waals surface area contributed by atoms with Gasteiger partial charge < -0.3 is 4.74 Å². The Morgan fingerprint density at radius 1 is 1.14 bits per heavy atom. The first-order valence-corrected chi connectivity index (χ1v) is 7.46. The lowest BCUT2D eigenvalue weighted by molar-refractivity contribution is 0.246. The molecular formula is C18H22N2O. The number of aryl methyl sites for hydroxylation is 1. The largest absolute Gasteiger partial charge is 0.493 e. The van der Waals surface area contributed by atoms with Crippen LogP contribution in [0.4, 0.5) is 0 Å². The van der Waals surface area contributed by atoms with Gasteiger partial charge in [0.25, 0.3) is 0 Å². The quantitative estimate of drug-likeness (QED) is 0.670. The molecule has 2 atom stereocenters. The van der Waals surface area contributed by atoms with E-state index < -0.39 is 0 Å². The molecule has 3 rings (SSSR count). The van der Waals surface area contributed by atoms with Crippen molar-refractivity contribution in [3.8, 4) is 5.75 Å². The van der Waals surface area contributed by atoms with Crippen molar-refractivity contribution in [2.24, 2.45) is 5.84 Å². The van der Waals surface area contributed by atoms with Gasteiger partial charge in [-0.25, -0.2) is 0 Å². The fourth-order valence-corrected chi connectivity index (χ4v) is 3.25. The van der Waals surface area contributed by atoms with Crippen molar-refractivity contribution in [2.45, 2.75) is 32.2 Å². The average Bonchev–Trinajstić information content (AvgIpc) is 2.52. The molecule has 3 heteroatoms. The summed E-state index contributed by atoms with van der Waals surface area (Å²) >= 11 is 0. The molecule has 0 aromatic heterocycles. The Balaban J connectivity index is 2.04. The SMILES string of the molecule is Cc1cccc(C(NN)C2CCOc3ccccc32)c1C. The van der Waals surface area contributed by atoms with Crippen LogP contribution in [-0.4, -0.2) is 6.61 Å². The molecule has 21 heavy (non-hydrogen) atoms. The highest BCUT2D eigenvalue weighted by Gasteiger charge is 2.30. The summed E-state index contributed by atoms with van der Waals surface area (Å²) in [7, 11) is 0. The van der Waals surface area contributed by atoms with Gasteiger partial charge in [0.15, 0.2) is 0 Å². The summed E-state index contributed by atoms with van der Waals surface area (Å²) in [5, 5.41) is 0. The van der Waals surface area contributed by atoms with Crippen molar-refractivity contribution in [1.82, 2.24) is 5.43 Å². The van der Waals surface area contributed by atoms with Crippen LogP contribution in [0.25, 0.3) is 0 Å². The van der Waals surface area contributed by atoms with E-state index in [1.165, 1.54) is 22.3 Å².